The molecule has 1 aromatic carbocycles. The molecule has 35 nitrogen and oxygen atoms in total. The molecule has 0 fully saturated rings. The lowest BCUT2D eigenvalue weighted by Crippen LogP contribution is -2.60. The van der Waals surface area contributed by atoms with Gasteiger partial charge in [0.2, 0.25) is 70.9 Å². The first-order valence-corrected chi connectivity index (χ1v) is 30.0. The standard InChI is InChI=1S/C57H95N19O16/c1-28(2)25-39(75-48(84)34(58)15-11-23-65-56(61)62)53(89)72-36(17-20-42(59)77)49(85)68-31(6)46(82)71-38(19-22-44(79)80)51(87)69-32(7)47(83)74-40(27-33-13-9-8-10-14-33)54(90)73-37(18-21-43(60)78)50(86)67-30(5)45(81)70-35(16-12-24-66-57(63)64)52(88)76-41(55(91)92)26-29(3)4/h8-10,13-14,28-32,34-41H,11-12,15-27,58H2,1-7H3,(H2,59,77)(H2,60,78)(H,67,86)(H,68,85)(H,69,87)(H,70,81)(H,71,82)(H,72,89)(H,73,90)(H,74,83)(H,75,84)(H,76,88)(H,79,80)(H,91,92)(H4,61,62,65)(H4,63,64,66)/t30-,31-,32-,34-,35-,36-,37-,38-,39-,40-,41-/m0/s1. The molecule has 514 valence electrons. The first-order valence-electron chi connectivity index (χ1n) is 30.0. The number of nitrogens with one attached hydrogen (secondary N) is 10. The van der Waals surface area contributed by atoms with Crippen LogP contribution in [-0.2, 0) is 73.5 Å². The molecule has 26 N–H and O–H groups in total. The van der Waals surface area contributed by atoms with Crippen LogP contribution in [0.1, 0.15) is 131 Å². The summed E-state index contributed by atoms with van der Waals surface area (Å²) in [6, 6.07) is -7.69. The van der Waals surface area contributed by atoms with E-state index in [4.69, 9.17) is 40.1 Å². The summed E-state index contributed by atoms with van der Waals surface area (Å²) in [6.45, 7) is 10.9. The summed E-state index contributed by atoms with van der Waals surface area (Å²) >= 11 is 0. The van der Waals surface area contributed by atoms with E-state index >= 15 is 0 Å². The summed E-state index contributed by atoms with van der Waals surface area (Å²) < 4.78 is 0. The molecule has 0 bridgehead atoms. The number of carboxylic acids is 2. The lowest BCUT2D eigenvalue weighted by Gasteiger charge is -2.27. The van der Waals surface area contributed by atoms with Gasteiger partial charge in [0.05, 0.1) is 6.04 Å². The Bertz CT molecular complexity index is 2760. The van der Waals surface area contributed by atoms with Crippen LogP contribution in [0.25, 0.3) is 0 Å². The molecule has 0 radical (unpaired) electrons. The Hall–Kier alpha value is -9.70. The number of benzene rings is 1. The van der Waals surface area contributed by atoms with Crippen LogP contribution in [0.2, 0.25) is 0 Å². The van der Waals surface area contributed by atoms with E-state index in [2.05, 4.69) is 63.2 Å². The van der Waals surface area contributed by atoms with E-state index in [-0.39, 0.29) is 81.8 Å². The van der Waals surface area contributed by atoms with E-state index in [1.165, 1.54) is 20.8 Å². The molecule has 35 heteroatoms. The maximum absolute atomic E-state index is 14.3. The van der Waals surface area contributed by atoms with Gasteiger partial charge in [-0.25, -0.2) is 4.79 Å². The summed E-state index contributed by atoms with van der Waals surface area (Å²) in [6.07, 6.45) is -2.50. The van der Waals surface area contributed by atoms with Crippen molar-refractivity contribution < 1.29 is 77.3 Å². The van der Waals surface area contributed by atoms with Crippen molar-refractivity contribution >= 4 is 94.7 Å². The number of amides is 12. The minimum atomic E-state index is -1.69. The van der Waals surface area contributed by atoms with Crippen LogP contribution < -0.4 is 93.3 Å². The maximum Gasteiger partial charge on any atom is 0.326 e. The second-order valence-electron chi connectivity index (χ2n) is 22.9. The molecule has 0 saturated heterocycles. The topological polar surface area (TPSA) is 607 Å². The van der Waals surface area contributed by atoms with Gasteiger partial charge in [-0.3, -0.25) is 72.3 Å². The van der Waals surface area contributed by atoms with Gasteiger partial charge >= 0.3 is 11.9 Å². The Balaban J connectivity index is 3.41. The average Bonchev–Trinajstić information content (AvgIpc) is 1.01. The smallest absolute Gasteiger partial charge is 0.326 e. The fourth-order valence-corrected chi connectivity index (χ4v) is 8.65. The van der Waals surface area contributed by atoms with Gasteiger partial charge in [-0.2, -0.15) is 0 Å². The van der Waals surface area contributed by atoms with Crippen molar-refractivity contribution in [1.82, 2.24) is 53.2 Å². The second-order valence-corrected chi connectivity index (χ2v) is 22.9. The number of hydrogen-bond acceptors (Lipinski definition) is 17. The lowest BCUT2D eigenvalue weighted by molar-refractivity contribution is -0.143. The second kappa shape index (κ2) is 41.6. The number of nitrogens with zero attached hydrogens (tertiary/aromatic N) is 2. The Morgan fingerprint density at radius 2 is 0.717 bits per heavy atom. The SMILES string of the molecule is CC(C)C[C@H](NC(=O)[C@H](CCCN=C(N)N)NC(=O)[C@H](C)NC(=O)[C@H](CCC(N)=O)NC(=O)[C@H](Cc1ccccc1)NC(=O)[C@H](C)NC(=O)[C@H](CCC(=O)O)NC(=O)[C@H](C)NC(=O)[C@H](CCC(N)=O)NC(=O)[C@H](CC(C)C)NC(=O)[C@@H](N)CCCN=C(N)N)C(=O)O. The molecule has 92 heavy (non-hydrogen) atoms. The third kappa shape index (κ3) is 33.2. The van der Waals surface area contributed by atoms with Crippen molar-refractivity contribution in [3.63, 3.8) is 0 Å². The van der Waals surface area contributed by atoms with Crippen LogP contribution in [0.3, 0.4) is 0 Å². The molecule has 11 atom stereocenters. The Morgan fingerprint density at radius 3 is 1.11 bits per heavy atom. The van der Waals surface area contributed by atoms with Gasteiger partial charge in [0, 0.05) is 38.8 Å². The fraction of sp³-hybridized carbons (Fsp3) is 0.614. The summed E-state index contributed by atoms with van der Waals surface area (Å²) in [5.74, 6) is -14.7. The highest BCUT2D eigenvalue weighted by Crippen LogP contribution is 2.12. The first kappa shape index (κ1) is 80.3. The number of hydrogen-bond donors (Lipinski definition) is 19. The Morgan fingerprint density at radius 1 is 0.391 bits per heavy atom. The average molecular weight is 1300 g/mol. The summed E-state index contributed by atoms with van der Waals surface area (Å²) in [5.41, 5.74) is 38.8. The van der Waals surface area contributed by atoms with Crippen LogP contribution in [-0.4, -0.2) is 185 Å². The summed E-state index contributed by atoms with van der Waals surface area (Å²) in [7, 11) is 0. The number of nitrogens with two attached hydrogens (primary N) is 7. The van der Waals surface area contributed by atoms with Gasteiger partial charge in [-0.1, -0.05) is 58.0 Å². The zero-order valence-corrected chi connectivity index (χ0v) is 53.0. The molecular weight excluding hydrogens is 1210 g/mol. The van der Waals surface area contributed by atoms with Gasteiger partial charge in [-0.05, 0) is 96.0 Å². The van der Waals surface area contributed by atoms with E-state index in [1.54, 1.807) is 58.0 Å². The number of carbonyl (C=O) groups excluding carboxylic acids is 12. The molecule has 0 unspecified atom stereocenters. The van der Waals surface area contributed by atoms with Crippen LogP contribution >= 0.6 is 0 Å². The number of rotatable bonds is 44. The summed E-state index contributed by atoms with van der Waals surface area (Å²) in [5, 5.41) is 43.8. The van der Waals surface area contributed by atoms with Crippen LogP contribution in [0.15, 0.2) is 40.3 Å². The molecule has 0 spiro atoms. The number of carbonyl (C=O) groups is 14. The predicted molar refractivity (Wildman–Crippen MR) is 335 cm³/mol. The van der Waals surface area contributed by atoms with Crippen molar-refractivity contribution in [2.75, 3.05) is 13.1 Å². The van der Waals surface area contributed by atoms with E-state index in [1.807, 2.05) is 0 Å². The van der Waals surface area contributed by atoms with Gasteiger partial charge in [0.15, 0.2) is 11.9 Å². The zero-order valence-electron chi connectivity index (χ0n) is 53.0. The maximum atomic E-state index is 14.3. The number of guanidine groups is 2. The number of carboxylic acid groups (broad SMARTS) is 2. The van der Waals surface area contributed by atoms with Gasteiger partial charge in [0.1, 0.15) is 60.4 Å². The molecule has 12 amide bonds. The molecular formula is C57H95N19O16. The van der Waals surface area contributed by atoms with Gasteiger partial charge in [0.25, 0.3) is 0 Å². The molecule has 0 aliphatic heterocycles. The normalized spacial score (nSPS) is 14.5. The zero-order chi connectivity index (χ0) is 69.9. The number of aliphatic carboxylic acids is 2. The van der Waals surface area contributed by atoms with Crippen LogP contribution in [0.5, 0.6) is 0 Å². The van der Waals surface area contributed by atoms with Gasteiger partial charge in [-0.15, -0.1) is 0 Å². The van der Waals surface area contributed by atoms with Crippen molar-refractivity contribution in [2.45, 2.75) is 198 Å². The van der Waals surface area contributed by atoms with Crippen LogP contribution in [0.4, 0.5) is 0 Å². The highest BCUT2D eigenvalue weighted by Gasteiger charge is 2.35. The van der Waals surface area contributed by atoms with Gasteiger partial charge < -0.3 is 104 Å². The minimum absolute atomic E-state index is 0.0364. The molecule has 1 rings (SSSR count). The third-order valence-electron chi connectivity index (χ3n) is 13.6. The highest BCUT2D eigenvalue weighted by molar-refractivity contribution is 5.99. The minimum Gasteiger partial charge on any atom is -0.481 e. The van der Waals surface area contributed by atoms with Crippen molar-refractivity contribution in [1.29, 1.82) is 0 Å². The molecule has 0 saturated carbocycles. The monoisotopic (exact) mass is 1300 g/mol. The lowest BCUT2D eigenvalue weighted by atomic mass is 10.0. The highest BCUT2D eigenvalue weighted by atomic mass is 16.4. The molecule has 0 aliphatic rings. The van der Waals surface area contributed by atoms with Crippen molar-refractivity contribution in [3.05, 3.63) is 35.9 Å². The number of aliphatic imine (C=N–C) groups is 2. The molecule has 0 heterocycles. The van der Waals surface area contributed by atoms with Crippen molar-refractivity contribution in [2.24, 2.45) is 62.0 Å². The largest absolute Gasteiger partial charge is 0.481 e. The predicted octanol–water partition coefficient (Wildman–Crippen LogP) is -5.86. The summed E-state index contributed by atoms with van der Waals surface area (Å²) in [4.78, 5) is 193. The molecule has 1 aromatic rings. The van der Waals surface area contributed by atoms with E-state index in [9.17, 15) is 77.3 Å². The van der Waals surface area contributed by atoms with Crippen LogP contribution in [0, 0.1) is 11.8 Å². The van der Waals surface area contributed by atoms with E-state index in [0.29, 0.717) is 12.0 Å². The third-order valence-corrected chi connectivity index (χ3v) is 13.6. The Kier molecular flexibility index (Phi) is 36.3. The quantitative estimate of drug-likeness (QED) is 0.0164. The van der Waals surface area contributed by atoms with E-state index < -0.39 is 181 Å². The van der Waals surface area contributed by atoms with E-state index in [0.717, 1.165) is 0 Å². The molecule has 0 aliphatic carbocycles. The number of primary amides is 2. The first-order chi connectivity index (χ1) is 43.0. The fourth-order valence-electron chi connectivity index (χ4n) is 8.65. The van der Waals surface area contributed by atoms with Crippen molar-refractivity contribution in [3.8, 4) is 0 Å². The Labute approximate surface area is 533 Å². The molecule has 0 aromatic heterocycles.